The largest absolute Gasteiger partial charge is 0.349 e. The predicted molar refractivity (Wildman–Crippen MR) is 81.2 cm³/mol. The van der Waals surface area contributed by atoms with Gasteiger partial charge in [0.1, 0.15) is 6.33 Å². The molecule has 1 amide bonds. The van der Waals surface area contributed by atoms with Gasteiger partial charge in [-0.2, -0.15) is 0 Å². The van der Waals surface area contributed by atoms with E-state index in [2.05, 4.69) is 15.5 Å². The minimum atomic E-state index is -3.51. The first-order valence-corrected chi connectivity index (χ1v) is 9.33. The summed E-state index contributed by atoms with van der Waals surface area (Å²) in [4.78, 5) is 11.7. The highest BCUT2D eigenvalue weighted by Gasteiger charge is 2.18. The van der Waals surface area contributed by atoms with Crippen LogP contribution in [0.1, 0.15) is 56.8 Å². The first-order chi connectivity index (χ1) is 10.5. The van der Waals surface area contributed by atoms with Gasteiger partial charge in [0.15, 0.2) is 5.82 Å². The Labute approximate surface area is 130 Å². The van der Waals surface area contributed by atoms with E-state index in [1.165, 1.54) is 19.3 Å². The second-order valence-corrected chi connectivity index (χ2v) is 7.43. The van der Waals surface area contributed by atoms with Crippen LogP contribution < -0.4 is 10.5 Å². The summed E-state index contributed by atoms with van der Waals surface area (Å²) in [5.41, 5.74) is 0. The summed E-state index contributed by atoms with van der Waals surface area (Å²) < 4.78 is 23.6. The molecule has 1 fully saturated rings. The first kappa shape index (κ1) is 16.9. The minimum absolute atomic E-state index is 0.133. The van der Waals surface area contributed by atoms with Crippen LogP contribution in [0.5, 0.6) is 0 Å². The standard InChI is InChI=1S/C13H23N5O3S/c14-22(20,21)8-4-7-13(19)15-9-12-17-16-10-18(12)11-5-2-1-3-6-11/h10-11H,1-9H2,(H,15,19)(H2,14,20,21). The van der Waals surface area contributed by atoms with E-state index in [1.54, 1.807) is 6.33 Å². The molecule has 0 unspecified atom stereocenters. The monoisotopic (exact) mass is 329 g/mol. The van der Waals surface area contributed by atoms with E-state index >= 15 is 0 Å². The maximum atomic E-state index is 11.7. The van der Waals surface area contributed by atoms with E-state index in [9.17, 15) is 13.2 Å². The average Bonchev–Trinajstić information content (AvgIpc) is 2.93. The Morgan fingerprint density at radius 3 is 2.77 bits per heavy atom. The number of primary sulfonamides is 1. The Morgan fingerprint density at radius 1 is 1.36 bits per heavy atom. The van der Waals surface area contributed by atoms with Crippen molar-refractivity contribution in [3.63, 3.8) is 0 Å². The summed E-state index contributed by atoms with van der Waals surface area (Å²) in [7, 11) is -3.51. The van der Waals surface area contributed by atoms with Crippen LogP contribution in [0.4, 0.5) is 0 Å². The molecule has 0 aliphatic heterocycles. The average molecular weight is 329 g/mol. The molecular weight excluding hydrogens is 306 g/mol. The molecule has 0 radical (unpaired) electrons. The van der Waals surface area contributed by atoms with Gasteiger partial charge in [0.2, 0.25) is 15.9 Å². The zero-order chi connectivity index (χ0) is 16.0. The van der Waals surface area contributed by atoms with Crippen LogP contribution in [0.2, 0.25) is 0 Å². The van der Waals surface area contributed by atoms with Crippen molar-refractivity contribution in [3.05, 3.63) is 12.2 Å². The van der Waals surface area contributed by atoms with E-state index in [-0.39, 0.29) is 24.5 Å². The highest BCUT2D eigenvalue weighted by Crippen LogP contribution is 2.28. The van der Waals surface area contributed by atoms with Crippen LogP contribution >= 0.6 is 0 Å². The number of hydrogen-bond acceptors (Lipinski definition) is 5. The Morgan fingerprint density at radius 2 is 2.09 bits per heavy atom. The lowest BCUT2D eigenvalue weighted by molar-refractivity contribution is -0.121. The van der Waals surface area contributed by atoms with Crippen molar-refractivity contribution in [1.29, 1.82) is 0 Å². The molecule has 1 aliphatic rings. The van der Waals surface area contributed by atoms with Crippen LogP contribution in [0, 0.1) is 0 Å². The number of carbonyl (C=O) groups is 1. The molecule has 1 aliphatic carbocycles. The van der Waals surface area contributed by atoms with Gasteiger partial charge in [-0.1, -0.05) is 19.3 Å². The fraction of sp³-hybridized carbons (Fsp3) is 0.769. The highest BCUT2D eigenvalue weighted by molar-refractivity contribution is 7.89. The molecule has 2 rings (SSSR count). The molecule has 124 valence electrons. The van der Waals surface area contributed by atoms with E-state index in [0.717, 1.165) is 18.7 Å². The number of sulfonamides is 1. The molecule has 0 spiro atoms. The second-order valence-electron chi connectivity index (χ2n) is 5.69. The van der Waals surface area contributed by atoms with Crippen LogP contribution in [-0.4, -0.2) is 34.8 Å². The molecule has 9 heteroatoms. The Balaban J connectivity index is 1.79. The predicted octanol–water partition coefficient (Wildman–Crippen LogP) is 0.468. The molecule has 22 heavy (non-hydrogen) atoms. The van der Waals surface area contributed by atoms with Gasteiger partial charge >= 0.3 is 0 Å². The lowest BCUT2D eigenvalue weighted by Crippen LogP contribution is -2.26. The SMILES string of the molecule is NS(=O)(=O)CCCC(=O)NCc1nncn1C1CCCCC1. The summed E-state index contributed by atoms with van der Waals surface area (Å²) in [6, 6.07) is 0.415. The van der Waals surface area contributed by atoms with Crippen molar-refractivity contribution in [2.24, 2.45) is 5.14 Å². The topological polar surface area (TPSA) is 120 Å². The lowest BCUT2D eigenvalue weighted by Gasteiger charge is -2.24. The normalized spacial score (nSPS) is 16.6. The minimum Gasteiger partial charge on any atom is -0.349 e. The zero-order valence-corrected chi connectivity index (χ0v) is 13.4. The molecule has 0 bridgehead atoms. The number of nitrogens with zero attached hydrogens (tertiary/aromatic N) is 3. The number of nitrogens with two attached hydrogens (primary N) is 1. The van der Waals surface area contributed by atoms with Gasteiger partial charge in [-0.3, -0.25) is 4.79 Å². The second kappa shape index (κ2) is 7.68. The van der Waals surface area contributed by atoms with Gasteiger partial charge in [-0.05, 0) is 19.3 Å². The summed E-state index contributed by atoms with van der Waals surface area (Å²) >= 11 is 0. The van der Waals surface area contributed by atoms with E-state index in [0.29, 0.717) is 12.6 Å². The van der Waals surface area contributed by atoms with Crippen LogP contribution in [-0.2, 0) is 21.4 Å². The third kappa shape index (κ3) is 5.38. The van der Waals surface area contributed by atoms with Crippen LogP contribution in [0.25, 0.3) is 0 Å². The number of nitrogens with one attached hydrogen (secondary N) is 1. The zero-order valence-electron chi connectivity index (χ0n) is 12.6. The quantitative estimate of drug-likeness (QED) is 0.753. The number of carbonyl (C=O) groups excluding carboxylic acids is 1. The van der Waals surface area contributed by atoms with Crippen molar-refractivity contribution in [3.8, 4) is 0 Å². The van der Waals surface area contributed by atoms with Gasteiger partial charge < -0.3 is 9.88 Å². The van der Waals surface area contributed by atoms with Gasteiger partial charge in [0.25, 0.3) is 0 Å². The fourth-order valence-electron chi connectivity index (χ4n) is 2.76. The Hall–Kier alpha value is -1.48. The fourth-order valence-corrected chi connectivity index (χ4v) is 3.30. The maximum absolute atomic E-state index is 11.7. The van der Waals surface area contributed by atoms with Gasteiger partial charge in [0.05, 0.1) is 12.3 Å². The Kier molecular flexibility index (Phi) is 5.90. The van der Waals surface area contributed by atoms with E-state index in [4.69, 9.17) is 5.14 Å². The van der Waals surface area contributed by atoms with E-state index < -0.39 is 10.0 Å². The summed E-state index contributed by atoms with van der Waals surface area (Å²) in [5.74, 6) is 0.354. The van der Waals surface area contributed by atoms with Gasteiger partial charge in [-0.15, -0.1) is 10.2 Å². The molecule has 1 saturated carbocycles. The molecule has 1 heterocycles. The van der Waals surface area contributed by atoms with Gasteiger partial charge in [0, 0.05) is 12.5 Å². The summed E-state index contributed by atoms with van der Waals surface area (Å²) in [6.07, 6.45) is 8.01. The smallest absolute Gasteiger partial charge is 0.220 e. The Bertz CT molecular complexity index is 593. The number of aromatic nitrogens is 3. The van der Waals surface area contributed by atoms with Crippen LogP contribution in [0.3, 0.4) is 0 Å². The lowest BCUT2D eigenvalue weighted by atomic mass is 9.95. The van der Waals surface area contributed by atoms with Crippen molar-refractivity contribution in [2.45, 2.75) is 57.5 Å². The third-order valence-electron chi connectivity index (χ3n) is 3.89. The molecule has 0 atom stereocenters. The maximum Gasteiger partial charge on any atom is 0.220 e. The summed E-state index contributed by atoms with van der Waals surface area (Å²) in [5, 5.41) is 15.6. The van der Waals surface area contributed by atoms with E-state index in [1.807, 2.05) is 4.57 Å². The van der Waals surface area contributed by atoms with Crippen molar-refractivity contribution >= 4 is 15.9 Å². The first-order valence-electron chi connectivity index (χ1n) is 7.61. The van der Waals surface area contributed by atoms with Crippen molar-refractivity contribution in [2.75, 3.05) is 5.75 Å². The molecule has 8 nitrogen and oxygen atoms in total. The van der Waals surface area contributed by atoms with Gasteiger partial charge in [-0.25, -0.2) is 13.6 Å². The molecule has 0 saturated heterocycles. The number of hydrogen-bond donors (Lipinski definition) is 2. The number of amides is 1. The molecule has 3 N–H and O–H groups in total. The third-order valence-corrected chi connectivity index (χ3v) is 4.75. The van der Waals surface area contributed by atoms with Crippen molar-refractivity contribution < 1.29 is 13.2 Å². The van der Waals surface area contributed by atoms with Crippen molar-refractivity contribution in [1.82, 2.24) is 20.1 Å². The highest BCUT2D eigenvalue weighted by atomic mass is 32.2. The number of rotatable bonds is 7. The molecule has 0 aromatic carbocycles. The molecular formula is C13H23N5O3S. The summed E-state index contributed by atoms with van der Waals surface area (Å²) in [6.45, 7) is 0.310. The molecule has 1 aromatic rings. The van der Waals surface area contributed by atoms with Crippen LogP contribution in [0.15, 0.2) is 6.33 Å². The molecule has 1 aromatic heterocycles.